The number of nitrogens with one attached hydrogen (secondary N) is 1. The smallest absolute Gasteiger partial charge is 0.407 e. The molecule has 4 nitrogen and oxygen atoms in total. The van der Waals surface area contributed by atoms with Gasteiger partial charge in [0.05, 0.1) is 6.10 Å². The van der Waals surface area contributed by atoms with Gasteiger partial charge in [0.15, 0.2) is 0 Å². The summed E-state index contributed by atoms with van der Waals surface area (Å²) in [6.45, 7) is 5.98. The summed E-state index contributed by atoms with van der Waals surface area (Å²) < 4.78 is 10.6. The van der Waals surface area contributed by atoms with Gasteiger partial charge in [0.1, 0.15) is 5.60 Å². The van der Waals surface area contributed by atoms with Crippen molar-refractivity contribution in [3.63, 3.8) is 0 Å². The molecular formula is C15H22ClNO3. The number of ether oxygens (including phenoxy) is 2. The molecule has 20 heavy (non-hydrogen) atoms. The zero-order valence-corrected chi connectivity index (χ0v) is 13.2. The van der Waals surface area contributed by atoms with Gasteiger partial charge in [-0.15, -0.1) is 0 Å². The Morgan fingerprint density at radius 2 is 1.90 bits per heavy atom. The van der Waals surface area contributed by atoms with E-state index >= 15 is 0 Å². The predicted octanol–water partition coefficient (Wildman–Crippen LogP) is 3.94. The van der Waals surface area contributed by atoms with Gasteiger partial charge in [0.25, 0.3) is 0 Å². The van der Waals surface area contributed by atoms with Crippen LogP contribution in [0, 0.1) is 0 Å². The fraction of sp³-hybridized carbons (Fsp3) is 0.533. The highest BCUT2D eigenvalue weighted by molar-refractivity contribution is 6.30. The van der Waals surface area contributed by atoms with E-state index in [1.165, 1.54) is 0 Å². The maximum absolute atomic E-state index is 11.5. The molecule has 1 N–H and O–H groups in total. The molecule has 0 aliphatic rings. The van der Waals surface area contributed by atoms with E-state index < -0.39 is 11.7 Å². The average molecular weight is 300 g/mol. The first-order chi connectivity index (χ1) is 9.31. The van der Waals surface area contributed by atoms with Crippen LogP contribution in [-0.4, -0.2) is 25.3 Å². The van der Waals surface area contributed by atoms with Gasteiger partial charge in [0, 0.05) is 18.7 Å². The normalized spacial score (nSPS) is 12.8. The summed E-state index contributed by atoms with van der Waals surface area (Å²) in [4.78, 5) is 11.5. The second-order valence-electron chi connectivity index (χ2n) is 5.49. The zero-order chi connectivity index (χ0) is 15.2. The van der Waals surface area contributed by atoms with Crippen molar-refractivity contribution in [1.82, 2.24) is 5.32 Å². The van der Waals surface area contributed by atoms with Crippen molar-refractivity contribution in [2.24, 2.45) is 0 Å². The van der Waals surface area contributed by atoms with Gasteiger partial charge < -0.3 is 14.8 Å². The summed E-state index contributed by atoms with van der Waals surface area (Å²) in [7, 11) is 1.65. The van der Waals surface area contributed by atoms with E-state index in [4.69, 9.17) is 21.1 Å². The minimum Gasteiger partial charge on any atom is -0.444 e. The van der Waals surface area contributed by atoms with E-state index in [9.17, 15) is 4.79 Å². The highest BCUT2D eigenvalue weighted by Crippen LogP contribution is 2.21. The molecule has 0 saturated carbocycles. The predicted molar refractivity (Wildman–Crippen MR) is 80.1 cm³/mol. The average Bonchev–Trinajstić information content (AvgIpc) is 2.34. The number of amides is 1. The van der Waals surface area contributed by atoms with Crippen LogP contribution in [0.15, 0.2) is 24.3 Å². The molecular weight excluding hydrogens is 278 g/mol. The Morgan fingerprint density at radius 3 is 2.40 bits per heavy atom. The number of carbonyl (C=O) groups is 1. The number of rotatable bonds is 5. The van der Waals surface area contributed by atoms with Crippen LogP contribution in [0.2, 0.25) is 5.02 Å². The van der Waals surface area contributed by atoms with E-state index in [2.05, 4.69) is 5.32 Å². The van der Waals surface area contributed by atoms with Crippen molar-refractivity contribution in [2.75, 3.05) is 13.7 Å². The van der Waals surface area contributed by atoms with Gasteiger partial charge in [0.2, 0.25) is 0 Å². The molecule has 112 valence electrons. The van der Waals surface area contributed by atoms with Crippen LogP contribution in [0.1, 0.15) is 38.9 Å². The Labute approximate surface area is 125 Å². The molecule has 0 saturated heterocycles. The van der Waals surface area contributed by atoms with Crippen LogP contribution in [-0.2, 0) is 9.47 Å². The van der Waals surface area contributed by atoms with Gasteiger partial charge in [-0.3, -0.25) is 0 Å². The molecule has 1 amide bonds. The van der Waals surface area contributed by atoms with Crippen LogP contribution in [0.4, 0.5) is 4.79 Å². The number of methoxy groups -OCH3 is 1. The van der Waals surface area contributed by atoms with Gasteiger partial charge in [-0.25, -0.2) is 4.79 Å². The lowest BCUT2D eigenvalue weighted by Gasteiger charge is -2.20. The van der Waals surface area contributed by atoms with Crippen molar-refractivity contribution in [3.8, 4) is 0 Å². The van der Waals surface area contributed by atoms with Crippen LogP contribution in [0.25, 0.3) is 0 Å². The second-order valence-corrected chi connectivity index (χ2v) is 5.93. The van der Waals surface area contributed by atoms with Gasteiger partial charge in [-0.1, -0.05) is 23.7 Å². The van der Waals surface area contributed by atoms with Crippen LogP contribution >= 0.6 is 11.6 Å². The summed E-state index contributed by atoms with van der Waals surface area (Å²) in [5, 5.41) is 3.41. The molecule has 1 atom stereocenters. The maximum atomic E-state index is 11.5. The first-order valence-corrected chi connectivity index (χ1v) is 6.95. The van der Waals surface area contributed by atoms with Crippen LogP contribution < -0.4 is 5.32 Å². The third-order valence-corrected chi connectivity index (χ3v) is 2.85. The van der Waals surface area contributed by atoms with Crippen molar-refractivity contribution < 1.29 is 14.3 Å². The number of alkyl carbamates (subject to hydrolysis) is 1. The fourth-order valence-electron chi connectivity index (χ4n) is 1.72. The van der Waals surface area contributed by atoms with Gasteiger partial charge in [-0.2, -0.15) is 0 Å². The lowest BCUT2D eigenvalue weighted by molar-refractivity contribution is 0.0504. The number of benzene rings is 1. The molecule has 0 aliphatic carbocycles. The summed E-state index contributed by atoms with van der Waals surface area (Å²) in [6, 6.07) is 7.49. The minimum absolute atomic E-state index is 0.0813. The van der Waals surface area contributed by atoms with Crippen molar-refractivity contribution in [3.05, 3.63) is 34.9 Å². The SMILES string of the molecule is COC(CCNC(=O)OC(C)(C)C)c1ccc(Cl)cc1. The summed E-state index contributed by atoms with van der Waals surface area (Å²) in [6.07, 6.45) is 0.169. The van der Waals surface area contributed by atoms with E-state index in [0.29, 0.717) is 18.0 Å². The molecule has 0 bridgehead atoms. The topological polar surface area (TPSA) is 47.6 Å². The lowest BCUT2D eigenvalue weighted by atomic mass is 10.1. The van der Waals surface area contributed by atoms with Crippen molar-refractivity contribution in [1.29, 1.82) is 0 Å². The third-order valence-electron chi connectivity index (χ3n) is 2.60. The van der Waals surface area contributed by atoms with Crippen molar-refractivity contribution in [2.45, 2.75) is 38.9 Å². The molecule has 5 heteroatoms. The molecule has 0 aliphatic heterocycles. The summed E-state index contributed by atoms with van der Waals surface area (Å²) in [5.74, 6) is 0. The largest absolute Gasteiger partial charge is 0.444 e. The molecule has 1 rings (SSSR count). The van der Waals surface area contributed by atoms with E-state index in [-0.39, 0.29) is 6.10 Å². The van der Waals surface area contributed by atoms with E-state index in [1.54, 1.807) is 7.11 Å². The third kappa shape index (κ3) is 6.26. The Kier molecular flexibility index (Phi) is 6.30. The van der Waals surface area contributed by atoms with Gasteiger partial charge in [-0.05, 0) is 44.9 Å². The quantitative estimate of drug-likeness (QED) is 0.896. The molecule has 0 heterocycles. The zero-order valence-electron chi connectivity index (χ0n) is 12.4. The molecule has 0 aromatic heterocycles. The standard InChI is InChI=1S/C15H22ClNO3/c1-15(2,3)20-14(18)17-10-9-13(19-4)11-5-7-12(16)8-6-11/h5-8,13H,9-10H2,1-4H3,(H,17,18). The second kappa shape index (κ2) is 7.50. The van der Waals surface area contributed by atoms with Crippen LogP contribution in [0.5, 0.6) is 0 Å². The monoisotopic (exact) mass is 299 g/mol. The van der Waals surface area contributed by atoms with Crippen molar-refractivity contribution >= 4 is 17.7 Å². The minimum atomic E-state index is -0.485. The number of carbonyl (C=O) groups excluding carboxylic acids is 1. The van der Waals surface area contributed by atoms with E-state index in [1.807, 2.05) is 45.0 Å². The molecule has 1 aromatic rings. The fourth-order valence-corrected chi connectivity index (χ4v) is 1.84. The molecule has 0 fully saturated rings. The summed E-state index contributed by atoms with van der Waals surface area (Å²) >= 11 is 5.85. The lowest BCUT2D eigenvalue weighted by Crippen LogP contribution is -2.33. The Morgan fingerprint density at radius 1 is 1.30 bits per heavy atom. The number of halogens is 1. The first kappa shape index (κ1) is 16.8. The Hall–Kier alpha value is -1.26. The molecule has 0 spiro atoms. The van der Waals surface area contributed by atoms with E-state index in [0.717, 1.165) is 5.56 Å². The Balaban J connectivity index is 2.42. The van der Waals surface area contributed by atoms with Gasteiger partial charge >= 0.3 is 6.09 Å². The molecule has 0 radical (unpaired) electrons. The highest BCUT2D eigenvalue weighted by Gasteiger charge is 2.16. The van der Waals surface area contributed by atoms with Crippen LogP contribution in [0.3, 0.4) is 0 Å². The molecule has 1 aromatic carbocycles. The Bertz CT molecular complexity index is 426. The number of hydrogen-bond donors (Lipinski definition) is 1. The maximum Gasteiger partial charge on any atom is 0.407 e. The highest BCUT2D eigenvalue weighted by atomic mass is 35.5. The summed E-state index contributed by atoms with van der Waals surface area (Å²) in [5.41, 5.74) is 0.545. The first-order valence-electron chi connectivity index (χ1n) is 6.57. The number of hydrogen-bond acceptors (Lipinski definition) is 3. The molecule has 1 unspecified atom stereocenters.